The summed E-state index contributed by atoms with van der Waals surface area (Å²) in [6, 6.07) is 78.2. The van der Waals surface area contributed by atoms with Gasteiger partial charge in [-0.1, -0.05) is 212 Å². The fourth-order valence-electron chi connectivity index (χ4n) is 10.0. The normalized spacial score (nSPS) is 14.3. The summed E-state index contributed by atoms with van der Waals surface area (Å²) in [5, 5.41) is 7.44. The average Bonchev–Trinajstić information content (AvgIpc) is 3.62. The molecule has 0 bridgehead atoms. The average molecular weight is 790 g/mol. The fourth-order valence-corrected chi connectivity index (χ4v) is 10.0. The van der Waals surface area contributed by atoms with Crippen LogP contribution >= 0.6 is 0 Å². The van der Waals surface area contributed by atoms with E-state index in [0.29, 0.717) is 17.5 Å². The highest BCUT2D eigenvalue weighted by molar-refractivity contribution is 6.20. The summed E-state index contributed by atoms with van der Waals surface area (Å²) in [7, 11) is 0. The molecule has 1 unspecified atom stereocenters. The first-order valence-corrected chi connectivity index (χ1v) is 21.3. The van der Waals surface area contributed by atoms with E-state index in [4.69, 9.17) is 15.0 Å². The van der Waals surface area contributed by atoms with Crippen molar-refractivity contribution in [3.63, 3.8) is 0 Å². The Bertz CT molecular complexity index is 3520. The van der Waals surface area contributed by atoms with Gasteiger partial charge in [-0.05, 0) is 95.4 Å². The molecule has 0 radical (unpaired) electrons. The molecule has 1 aliphatic rings. The van der Waals surface area contributed by atoms with E-state index in [1.165, 1.54) is 65.7 Å². The molecule has 0 fully saturated rings. The van der Waals surface area contributed by atoms with Gasteiger partial charge >= 0.3 is 0 Å². The Balaban J connectivity index is 1.07. The Morgan fingerprint density at radius 1 is 0.306 bits per heavy atom. The van der Waals surface area contributed by atoms with Crippen LogP contribution in [0.2, 0.25) is 0 Å². The lowest BCUT2D eigenvalue weighted by Crippen LogP contribution is -2.22. The Labute approximate surface area is 360 Å². The molecule has 1 aliphatic carbocycles. The molecule has 0 aliphatic heterocycles. The summed E-state index contributed by atoms with van der Waals surface area (Å²) in [5.41, 5.74) is 13.2. The van der Waals surface area contributed by atoms with Crippen molar-refractivity contribution in [1.29, 1.82) is 0 Å². The first kappa shape index (κ1) is 35.9. The van der Waals surface area contributed by atoms with Crippen LogP contribution in [0, 0.1) is 0 Å². The van der Waals surface area contributed by atoms with Crippen molar-refractivity contribution in [3.8, 4) is 67.5 Å². The number of nitrogens with zero attached hydrogens (tertiary/aromatic N) is 3. The van der Waals surface area contributed by atoms with Gasteiger partial charge in [0.05, 0.1) is 0 Å². The van der Waals surface area contributed by atoms with Crippen molar-refractivity contribution in [2.45, 2.75) is 12.3 Å². The molecule has 3 nitrogen and oxygen atoms in total. The molecule has 1 aromatic heterocycles. The van der Waals surface area contributed by atoms with Gasteiger partial charge in [0.25, 0.3) is 0 Å². The van der Waals surface area contributed by atoms with Crippen molar-refractivity contribution in [2.24, 2.45) is 0 Å². The summed E-state index contributed by atoms with van der Waals surface area (Å²) in [4.78, 5) is 16.1. The third-order valence-electron chi connectivity index (χ3n) is 13.0. The van der Waals surface area contributed by atoms with Gasteiger partial charge in [-0.3, -0.25) is 0 Å². The maximum absolute atomic E-state index is 5.39. The predicted octanol–water partition coefficient (Wildman–Crippen LogP) is 15.0. The van der Waals surface area contributed by atoms with E-state index in [9.17, 15) is 0 Å². The molecular formula is C59H39N3. The van der Waals surface area contributed by atoms with E-state index in [-0.39, 0.29) is 5.41 Å². The maximum atomic E-state index is 5.39. The van der Waals surface area contributed by atoms with Gasteiger partial charge < -0.3 is 0 Å². The zero-order valence-corrected chi connectivity index (χ0v) is 34.1. The van der Waals surface area contributed by atoms with Crippen LogP contribution in [-0.2, 0) is 5.41 Å². The van der Waals surface area contributed by atoms with Crippen molar-refractivity contribution >= 4 is 32.3 Å². The molecular weight excluding hydrogens is 751 g/mol. The van der Waals surface area contributed by atoms with Gasteiger partial charge in [-0.2, -0.15) is 0 Å². The highest BCUT2D eigenvalue weighted by Crippen LogP contribution is 2.55. The van der Waals surface area contributed by atoms with Crippen molar-refractivity contribution in [2.75, 3.05) is 0 Å². The number of benzene rings is 10. The minimum atomic E-state index is -0.351. The summed E-state index contributed by atoms with van der Waals surface area (Å²) in [6.07, 6.45) is 0. The Morgan fingerprint density at radius 2 is 0.871 bits per heavy atom. The fraction of sp³-hybridized carbons (Fsp3) is 0.0339. The first-order valence-electron chi connectivity index (χ1n) is 21.3. The molecule has 0 saturated heterocycles. The molecule has 0 spiro atoms. The third kappa shape index (κ3) is 5.63. The number of hydrogen-bond acceptors (Lipinski definition) is 3. The van der Waals surface area contributed by atoms with Crippen LogP contribution in [0.15, 0.2) is 218 Å². The van der Waals surface area contributed by atoms with Crippen molar-refractivity contribution < 1.29 is 0 Å². The van der Waals surface area contributed by atoms with Crippen LogP contribution in [0.4, 0.5) is 0 Å². The SMILES string of the molecule is CC1(c2ccccc2)c2ccccc2-c2c(-c3nc(-c4ccc(-c5c6ccccc6cc6c5ccc5ccccc56)cc4)nc(-c4ccccc4-c4ccccc4)n3)cccc21. The Kier molecular flexibility index (Phi) is 8.29. The number of fused-ring (bicyclic) bond motifs is 7. The van der Waals surface area contributed by atoms with E-state index in [1.54, 1.807) is 0 Å². The Morgan fingerprint density at radius 3 is 1.66 bits per heavy atom. The molecule has 3 heteroatoms. The van der Waals surface area contributed by atoms with Gasteiger partial charge in [-0.25, -0.2) is 15.0 Å². The van der Waals surface area contributed by atoms with E-state index < -0.39 is 0 Å². The lowest BCUT2D eigenvalue weighted by molar-refractivity contribution is 0.714. The lowest BCUT2D eigenvalue weighted by atomic mass is 9.74. The number of rotatable bonds is 6. The second kappa shape index (κ2) is 14.3. The minimum absolute atomic E-state index is 0.351. The maximum Gasteiger partial charge on any atom is 0.164 e. The quantitative estimate of drug-likeness (QED) is 0.124. The monoisotopic (exact) mass is 789 g/mol. The van der Waals surface area contributed by atoms with Crippen LogP contribution in [0.25, 0.3) is 99.9 Å². The van der Waals surface area contributed by atoms with Gasteiger partial charge in [0.1, 0.15) is 0 Å². The molecule has 0 saturated carbocycles. The molecule has 1 atom stereocenters. The van der Waals surface area contributed by atoms with E-state index in [2.05, 4.69) is 225 Å². The van der Waals surface area contributed by atoms with Gasteiger partial charge in [0, 0.05) is 22.1 Å². The van der Waals surface area contributed by atoms with E-state index in [1.807, 2.05) is 0 Å². The summed E-state index contributed by atoms with van der Waals surface area (Å²) in [6.45, 7) is 2.35. The number of hydrogen-bond donors (Lipinski definition) is 0. The van der Waals surface area contributed by atoms with Crippen LogP contribution in [0.5, 0.6) is 0 Å². The topological polar surface area (TPSA) is 38.7 Å². The van der Waals surface area contributed by atoms with Crippen molar-refractivity contribution in [1.82, 2.24) is 15.0 Å². The highest BCUT2D eigenvalue weighted by Gasteiger charge is 2.42. The standard InChI is InChI=1S/C59H39N3/c1-59(43-21-6-3-7-22-43)52-29-15-14-27-49(52)55-50(28-16-30-53(55)59)58-61-56(60-57(62-58)48-26-13-12-23-44(48)38-17-4-2-5-18-38)41-33-31-40(32-34-41)54-46-25-11-9-20-42(46)37-51-45-24-10-8-19-39(45)35-36-47(51)54/h2-37H,1H3. The minimum Gasteiger partial charge on any atom is -0.208 e. The van der Waals surface area contributed by atoms with Gasteiger partial charge in [0.15, 0.2) is 17.5 Å². The summed E-state index contributed by atoms with van der Waals surface area (Å²) < 4.78 is 0. The third-order valence-corrected chi connectivity index (χ3v) is 13.0. The molecule has 10 aromatic carbocycles. The van der Waals surface area contributed by atoms with Crippen LogP contribution in [-0.4, -0.2) is 15.0 Å². The molecule has 290 valence electrons. The van der Waals surface area contributed by atoms with Crippen LogP contribution in [0.3, 0.4) is 0 Å². The van der Waals surface area contributed by atoms with Gasteiger partial charge in [0.2, 0.25) is 0 Å². The predicted molar refractivity (Wildman–Crippen MR) is 257 cm³/mol. The van der Waals surface area contributed by atoms with Gasteiger partial charge in [-0.15, -0.1) is 0 Å². The molecule has 0 amide bonds. The Hall–Kier alpha value is -8.01. The lowest BCUT2D eigenvalue weighted by Gasteiger charge is -2.28. The highest BCUT2D eigenvalue weighted by atomic mass is 15.0. The zero-order valence-electron chi connectivity index (χ0n) is 34.1. The molecule has 1 heterocycles. The van der Waals surface area contributed by atoms with E-state index >= 15 is 0 Å². The zero-order chi connectivity index (χ0) is 41.2. The largest absolute Gasteiger partial charge is 0.208 e. The smallest absolute Gasteiger partial charge is 0.164 e. The summed E-state index contributed by atoms with van der Waals surface area (Å²) >= 11 is 0. The first-order chi connectivity index (χ1) is 30.6. The molecule has 12 rings (SSSR count). The van der Waals surface area contributed by atoms with Crippen LogP contribution in [0.1, 0.15) is 23.6 Å². The molecule has 11 aromatic rings. The van der Waals surface area contributed by atoms with E-state index in [0.717, 1.165) is 33.4 Å². The molecule has 0 N–H and O–H groups in total. The van der Waals surface area contributed by atoms with Crippen LogP contribution < -0.4 is 0 Å². The van der Waals surface area contributed by atoms with Crippen molar-refractivity contribution in [3.05, 3.63) is 235 Å². The molecule has 62 heavy (non-hydrogen) atoms. The summed E-state index contributed by atoms with van der Waals surface area (Å²) in [5.74, 6) is 1.91. The second-order valence-corrected chi connectivity index (χ2v) is 16.4. The second-order valence-electron chi connectivity index (χ2n) is 16.4. The number of aromatic nitrogens is 3.